The van der Waals surface area contributed by atoms with E-state index in [1.165, 1.54) is 0 Å². The lowest BCUT2D eigenvalue weighted by atomic mass is 10.2. The lowest BCUT2D eigenvalue weighted by Crippen LogP contribution is -2.22. The van der Waals surface area contributed by atoms with Crippen molar-refractivity contribution in [3.63, 3.8) is 0 Å². The van der Waals surface area contributed by atoms with Gasteiger partial charge in [0.05, 0.1) is 0 Å². The van der Waals surface area contributed by atoms with Crippen LogP contribution in [-0.4, -0.2) is 19.4 Å². The largest absolute Gasteiger partial charge is 0.369 e. The van der Waals surface area contributed by atoms with Gasteiger partial charge in [0, 0.05) is 13.7 Å². The SMILES string of the molecule is C=C(N=NC(C)(CC)OC)NCC. The predicted octanol–water partition coefficient (Wildman–Crippen LogP) is 2.29. The van der Waals surface area contributed by atoms with Gasteiger partial charge in [-0.15, -0.1) is 5.11 Å². The fraction of sp³-hybridized carbons (Fsp3) is 0.778. The van der Waals surface area contributed by atoms with Gasteiger partial charge in [-0.05, 0) is 20.3 Å². The van der Waals surface area contributed by atoms with Gasteiger partial charge in [-0.25, -0.2) is 0 Å². The van der Waals surface area contributed by atoms with Gasteiger partial charge in [-0.1, -0.05) is 13.5 Å². The maximum Gasteiger partial charge on any atom is 0.175 e. The Bertz CT molecular complexity index is 185. The summed E-state index contributed by atoms with van der Waals surface area (Å²) in [6, 6.07) is 0. The molecule has 0 aromatic rings. The van der Waals surface area contributed by atoms with E-state index in [9.17, 15) is 0 Å². The number of azo groups is 1. The van der Waals surface area contributed by atoms with E-state index in [1.54, 1.807) is 7.11 Å². The molecular weight excluding hydrogens is 166 g/mol. The molecule has 4 nitrogen and oxygen atoms in total. The second-order valence-corrected chi connectivity index (χ2v) is 2.91. The topological polar surface area (TPSA) is 46.0 Å². The number of nitrogens with one attached hydrogen (secondary N) is 1. The summed E-state index contributed by atoms with van der Waals surface area (Å²) in [5.74, 6) is 0.569. The van der Waals surface area contributed by atoms with Crippen LogP contribution in [0.25, 0.3) is 0 Å². The number of methoxy groups -OCH3 is 1. The van der Waals surface area contributed by atoms with Gasteiger partial charge in [-0.3, -0.25) is 0 Å². The molecule has 0 radical (unpaired) electrons. The van der Waals surface area contributed by atoms with E-state index in [2.05, 4.69) is 22.1 Å². The Morgan fingerprint density at radius 3 is 2.54 bits per heavy atom. The van der Waals surface area contributed by atoms with Gasteiger partial charge >= 0.3 is 0 Å². The predicted molar refractivity (Wildman–Crippen MR) is 53.4 cm³/mol. The maximum absolute atomic E-state index is 5.19. The van der Waals surface area contributed by atoms with Crippen molar-refractivity contribution >= 4 is 0 Å². The maximum atomic E-state index is 5.19. The number of hydrogen-bond acceptors (Lipinski definition) is 4. The Labute approximate surface area is 80.1 Å². The first-order chi connectivity index (χ1) is 6.08. The number of hydrogen-bond donors (Lipinski definition) is 1. The standard InChI is InChI=1S/C9H19N3O/c1-6-9(4,13-5)12-11-8(3)10-7-2/h10H,3,6-7H2,1-2,4-5H3. The molecule has 0 rings (SSSR count). The van der Waals surface area contributed by atoms with Gasteiger partial charge < -0.3 is 10.1 Å². The summed E-state index contributed by atoms with van der Waals surface area (Å²) in [5, 5.41) is 10.9. The van der Waals surface area contributed by atoms with Gasteiger partial charge in [0.15, 0.2) is 5.72 Å². The third-order valence-electron chi connectivity index (χ3n) is 1.86. The molecule has 0 bridgehead atoms. The van der Waals surface area contributed by atoms with Crippen molar-refractivity contribution in [2.45, 2.75) is 32.9 Å². The fourth-order valence-corrected chi connectivity index (χ4v) is 0.661. The van der Waals surface area contributed by atoms with Crippen LogP contribution in [0.1, 0.15) is 27.2 Å². The van der Waals surface area contributed by atoms with Crippen LogP contribution >= 0.6 is 0 Å². The van der Waals surface area contributed by atoms with Crippen molar-refractivity contribution in [2.75, 3.05) is 13.7 Å². The van der Waals surface area contributed by atoms with Crippen molar-refractivity contribution in [1.82, 2.24) is 5.32 Å². The minimum absolute atomic E-state index is 0.529. The Kier molecular flexibility index (Phi) is 5.30. The van der Waals surface area contributed by atoms with E-state index >= 15 is 0 Å². The van der Waals surface area contributed by atoms with Crippen LogP contribution in [0.15, 0.2) is 22.6 Å². The van der Waals surface area contributed by atoms with Crippen LogP contribution in [0.4, 0.5) is 0 Å². The quantitative estimate of drug-likeness (QED) is 0.645. The molecule has 0 aliphatic rings. The van der Waals surface area contributed by atoms with Crippen molar-refractivity contribution < 1.29 is 4.74 Å². The summed E-state index contributed by atoms with van der Waals surface area (Å²) in [5.41, 5.74) is -0.529. The first-order valence-electron chi connectivity index (χ1n) is 4.48. The van der Waals surface area contributed by atoms with Crippen LogP contribution in [0.3, 0.4) is 0 Å². The molecule has 0 aliphatic carbocycles. The molecule has 0 fully saturated rings. The summed E-state index contributed by atoms with van der Waals surface area (Å²) in [4.78, 5) is 0. The Morgan fingerprint density at radius 1 is 1.54 bits per heavy atom. The Hall–Kier alpha value is -0.900. The summed E-state index contributed by atoms with van der Waals surface area (Å²) in [6.07, 6.45) is 0.784. The normalized spacial score (nSPS) is 15.7. The minimum atomic E-state index is -0.529. The van der Waals surface area contributed by atoms with E-state index < -0.39 is 5.72 Å². The molecule has 76 valence electrons. The molecule has 0 heterocycles. The lowest BCUT2D eigenvalue weighted by Gasteiger charge is -2.19. The zero-order valence-electron chi connectivity index (χ0n) is 8.92. The highest BCUT2D eigenvalue weighted by Crippen LogP contribution is 2.16. The van der Waals surface area contributed by atoms with Crippen LogP contribution in [0, 0.1) is 0 Å². The van der Waals surface area contributed by atoms with E-state index in [4.69, 9.17) is 4.74 Å². The van der Waals surface area contributed by atoms with Crippen LogP contribution < -0.4 is 5.32 Å². The molecule has 1 unspecified atom stereocenters. The first kappa shape index (κ1) is 12.1. The molecule has 0 aliphatic heterocycles. The van der Waals surface area contributed by atoms with E-state index in [0.29, 0.717) is 5.82 Å². The summed E-state index contributed by atoms with van der Waals surface area (Å²) >= 11 is 0. The number of ether oxygens (including phenoxy) is 1. The Morgan fingerprint density at radius 2 is 2.15 bits per heavy atom. The average Bonchev–Trinajstić information content (AvgIpc) is 2.15. The van der Waals surface area contributed by atoms with Gasteiger partial charge in [0.2, 0.25) is 0 Å². The van der Waals surface area contributed by atoms with E-state index in [-0.39, 0.29) is 0 Å². The van der Waals surface area contributed by atoms with Crippen LogP contribution in [0.5, 0.6) is 0 Å². The monoisotopic (exact) mass is 185 g/mol. The van der Waals surface area contributed by atoms with Crippen molar-refractivity contribution in [3.8, 4) is 0 Å². The minimum Gasteiger partial charge on any atom is -0.369 e. The molecule has 0 aromatic heterocycles. The molecule has 0 saturated carbocycles. The third-order valence-corrected chi connectivity index (χ3v) is 1.86. The molecule has 0 amide bonds. The number of nitrogens with zero attached hydrogens (tertiary/aromatic N) is 2. The Balaban J connectivity index is 4.14. The molecule has 0 saturated heterocycles. The van der Waals surface area contributed by atoms with E-state index in [0.717, 1.165) is 13.0 Å². The summed E-state index contributed by atoms with van der Waals surface area (Å²) in [6.45, 7) is 10.4. The van der Waals surface area contributed by atoms with Crippen molar-refractivity contribution in [2.24, 2.45) is 10.2 Å². The second-order valence-electron chi connectivity index (χ2n) is 2.91. The molecule has 1 atom stereocenters. The fourth-order valence-electron chi connectivity index (χ4n) is 0.661. The molecule has 0 aromatic carbocycles. The molecule has 0 spiro atoms. The zero-order valence-corrected chi connectivity index (χ0v) is 8.92. The summed E-state index contributed by atoms with van der Waals surface area (Å²) < 4.78 is 5.19. The third kappa shape index (κ3) is 4.62. The second kappa shape index (κ2) is 5.70. The molecule has 13 heavy (non-hydrogen) atoms. The molecule has 1 N–H and O–H groups in total. The molecule has 4 heteroatoms. The van der Waals surface area contributed by atoms with Gasteiger partial charge in [0.25, 0.3) is 0 Å². The van der Waals surface area contributed by atoms with Gasteiger partial charge in [0.1, 0.15) is 5.82 Å². The average molecular weight is 185 g/mol. The highest BCUT2D eigenvalue weighted by molar-refractivity contribution is 4.86. The van der Waals surface area contributed by atoms with E-state index in [1.807, 2.05) is 20.8 Å². The summed E-state index contributed by atoms with van der Waals surface area (Å²) in [7, 11) is 1.62. The highest BCUT2D eigenvalue weighted by Gasteiger charge is 2.19. The van der Waals surface area contributed by atoms with Gasteiger partial charge in [-0.2, -0.15) is 5.11 Å². The van der Waals surface area contributed by atoms with Crippen LogP contribution in [-0.2, 0) is 4.74 Å². The smallest absolute Gasteiger partial charge is 0.175 e. The highest BCUT2D eigenvalue weighted by atomic mass is 16.5. The van der Waals surface area contributed by atoms with Crippen LogP contribution in [0.2, 0.25) is 0 Å². The number of rotatable bonds is 6. The van der Waals surface area contributed by atoms with Crippen molar-refractivity contribution in [3.05, 3.63) is 12.4 Å². The first-order valence-corrected chi connectivity index (χ1v) is 4.48. The van der Waals surface area contributed by atoms with Crippen molar-refractivity contribution in [1.29, 1.82) is 0 Å². The zero-order chi connectivity index (χ0) is 10.3. The lowest BCUT2D eigenvalue weighted by molar-refractivity contribution is 0.00452. The molecular formula is C9H19N3O.